The quantitative estimate of drug-likeness (QED) is 0.687. The molecular formula is C24H30N2O4. The summed E-state index contributed by atoms with van der Waals surface area (Å²) in [6, 6.07) is 16.3. The van der Waals surface area contributed by atoms with Gasteiger partial charge in [-0.2, -0.15) is 0 Å². The molecule has 0 radical (unpaired) electrons. The van der Waals surface area contributed by atoms with Gasteiger partial charge in [-0.25, -0.2) is 0 Å². The Bertz CT molecular complexity index is 817. The largest absolute Gasteiger partial charge is 0.497 e. The molecule has 1 N–H and O–H groups in total. The van der Waals surface area contributed by atoms with Gasteiger partial charge in [-0.3, -0.25) is 9.59 Å². The van der Waals surface area contributed by atoms with Crippen molar-refractivity contribution in [1.82, 2.24) is 10.2 Å². The zero-order chi connectivity index (χ0) is 21.3. The monoisotopic (exact) mass is 410 g/mol. The van der Waals surface area contributed by atoms with Crippen molar-refractivity contribution in [2.24, 2.45) is 0 Å². The van der Waals surface area contributed by atoms with Gasteiger partial charge in [-0.1, -0.05) is 43.2 Å². The lowest BCUT2D eigenvalue weighted by Crippen LogP contribution is -2.50. The van der Waals surface area contributed by atoms with Crippen LogP contribution in [0.5, 0.6) is 11.5 Å². The number of nitrogens with one attached hydrogen (secondary N) is 1. The first-order valence-corrected chi connectivity index (χ1v) is 10.5. The molecule has 0 heterocycles. The molecule has 6 heteroatoms. The van der Waals surface area contributed by atoms with Crippen molar-refractivity contribution in [3.05, 3.63) is 60.2 Å². The summed E-state index contributed by atoms with van der Waals surface area (Å²) < 4.78 is 10.8. The Kier molecular flexibility index (Phi) is 7.71. The van der Waals surface area contributed by atoms with Crippen LogP contribution in [0.1, 0.15) is 38.2 Å². The molecule has 1 aliphatic rings. The number of hydrogen-bond acceptors (Lipinski definition) is 4. The molecule has 1 atom stereocenters. The molecule has 2 aromatic carbocycles. The van der Waals surface area contributed by atoms with Gasteiger partial charge >= 0.3 is 0 Å². The number of hydrogen-bond donors (Lipinski definition) is 1. The van der Waals surface area contributed by atoms with Crippen LogP contribution < -0.4 is 14.8 Å². The van der Waals surface area contributed by atoms with Gasteiger partial charge in [0, 0.05) is 12.6 Å². The zero-order valence-electron chi connectivity index (χ0n) is 17.7. The number of carbonyl (C=O) groups excluding carboxylic acids is 2. The van der Waals surface area contributed by atoms with Crippen LogP contribution in [0.15, 0.2) is 54.6 Å². The summed E-state index contributed by atoms with van der Waals surface area (Å²) in [6.45, 7) is 1.97. The van der Waals surface area contributed by atoms with Gasteiger partial charge in [0.15, 0.2) is 6.61 Å². The predicted molar refractivity (Wildman–Crippen MR) is 115 cm³/mol. The molecule has 160 valence electrons. The van der Waals surface area contributed by atoms with E-state index in [9.17, 15) is 9.59 Å². The number of ether oxygens (including phenoxy) is 2. The molecule has 30 heavy (non-hydrogen) atoms. The van der Waals surface area contributed by atoms with Gasteiger partial charge in [0.1, 0.15) is 17.5 Å². The standard InChI is InChI=1S/C24H30N2O4/c1-18(24(28)25-20-8-6-7-9-20)26(16-19-12-14-21(29-2)15-13-19)23(27)17-30-22-10-4-3-5-11-22/h3-5,10-15,18,20H,6-9,16-17H2,1-2H3,(H,25,28)/t18-/m1/s1. The van der Waals surface area contributed by atoms with Gasteiger partial charge in [-0.05, 0) is 49.6 Å². The van der Waals surface area contributed by atoms with Crippen LogP contribution in [0, 0.1) is 0 Å². The summed E-state index contributed by atoms with van der Waals surface area (Å²) in [6.07, 6.45) is 4.28. The normalized spacial score (nSPS) is 14.7. The molecule has 2 amide bonds. The first-order valence-electron chi connectivity index (χ1n) is 10.5. The lowest BCUT2D eigenvalue weighted by Gasteiger charge is -2.29. The Morgan fingerprint density at radius 1 is 1.03 bits per heavy atom. The second-order valence-corrected chi connectivity index (χ2v) is 7.64. The lowest BCUT2D eigenvalue weighted by molar-refractivity contribution is -0.142. The Hall–Kier alpha value is -3.02. The van der Waals surface area contributed by atoms with Gasteiger partial charge in [-0.15, -0.1) is 0 Å². The number of benzene rings is 2. The van der Waals surface area contributed by atoms with E-state index in [0.717, 1.165) is 37.0 Å². The topological polar surface area (TPSA) is 67.9 Å². The van der Waals surface area contributed by atoms with Crippen molar-refractivity contribution in [2.75, 3.05) is 13.7 Å². The van der Waals surface area contributed by atoms with E-state index in [4.69, 9.17) is 9.47 Å². The van der Waals surface area contributed by atoms with Crippen LogP contribution in [0.25, 0.3) is 0 Å². The van der Waals surface area contributed by atoms with Gasteiger partial charge in [0.25, 0.3) is 5.91 Å². The minimum absolute atomic E-state index is 0.122. The molecule has 0 unspecified atom stereocenters. The molecule has 3 rings (SSSR count). The van der Waals surface area contributed by atoms with Crippen LogP contribution >= 0.6 is 0 Å². The van der Waals surface area contributed by atoms with Crippen molar-refractivity contribution < 1.29 is 19.1 Å². The second-order valence-electron chi connectivity index (χ2n) is 7.64. The molecule has 2 aromatic rings. The summed E-state index contributed by atoms with van der Waals surface area (Å²) in [5, 5.41) is 3.10. The minimum atomic E-state index is -0.598. The molecule has 6 nitrogen and oxygen atoms in total. The number of nitrogens with zero attached hydrogens (tertiary/aromatic N) is 1. The molecular weight excluding hydrogens is 380 g/mol. The summed E-state index contributed by atoms with van der Waals surface area (Å²) >= 11 is 0. The highest BCUT2D eigenvalue weighted by Gasteiger charge is 2.28. The van der Waals surface area contributed by atoms with Crippen molar-refractivity contribution in [2.45, 2.75) is 51.2 Å². The lowest BCUT2D eigenvalue weighted by atomic mass is 10.1. The summed E-state index contributed by atoms with van der Waals surface area (Å²) in [5.74, 6) is 1.02. The maximum absolute atomic E-state index is 13.0. The van der Waals surface area contributed by atoms with Crippen LogP contribution in [0.2, 0.25) is 0 Å². The van der Waals surface area contributed by atoms with E-state index < -0.39 is 6.04 Å². The first-order chi connectivity index (χ1) is 14.6. The van der Waals surface area contributed by atoms with E-state index >= 15 is 0 Å². The Morgan fingerprint density at radius 3 is 2.33 bits per heavy atom. The Labute approximate surface area is 178 Å². The SMILES string of the molecule is COc1ccc(CN(C(=O)COc2ccccc2)[C@H](C)C(=O)NC2CCCC2)cc1. The molecule has 0 spiro atoms. The maximum atomic E-state index is 13.0. The highest BCUT2D eigenvalue weighted by atomic mass is 16.5. The van der Waals surface area contributed by atoms with E-state index in [1.54, 1.807) is 31.1 Å². The number of amides is 2. The molecule has 0 saturated heterocycles. The summed E-state index contributed by atoms with van der Waals surface area (Å²) in [5.41, 5.74) is 0.921. The van der Waals surface area contributed by atoms with E-state index in [1.807, 2.05) is 42.5 Å². The summed E-state index contributed by atoms with van der Waals surface area (Å²) in [4.78, 5) is 27.4. The van der Waals surface area contributed by atoms with Crippen LogP contribution in [0.4, 0.5) is 0 Å². The molecule has 0 aliphatic heterocycles. The van der Waals surface area contributed by atoms with Crippen molar-refractivity contribution >= 4 is 11.8 Å². The van der Waals surface area contributed by atoms with E-state index in [0.29, 0.717) is 12.3 Å². The highest BCUT2D eigenvalue weighted by Crippen LogP contribution is 2.19. The van der Waals surface area contributed by atoms with Crippen LogP contribution in [-0.2, 0) is 16.1 Å². The van der Waals surface area contributed by atoms with Gasteiger partial charge < -0.3 is 19.7 Å². The minimum Gasteiger partial charge on any atom is -0.497 e. The maximum Gasteiger partial charge on any atom is 0.261 e. The second kappa shape index (κ2) is 10.7. The van der Waals surface area contributed by atoms with Gasteiger partial charge in [0.2, 0.25) is 5.91 Å². The van der Waals surface area contributed by atoms with Crippen molar-refractivity contribution in [3.63, 3.8) is 0 Å². The number of rotatable bonds is 9. The molecule has 0 bridgehead atoms. The molecule has 1 fully saturated rings. The smallest absolute Gasteiger partial charge is 0.261 e. The Morgan fingerprint density at radius 2 is 1.70 bits per heavy atom. The van der Waals surface area contributed by atoms with E-state index in [2.05, 4.69) is 5.32 Å². The first kappa shape index (κ1) is 21.7. The fraction of sp³-hybridized carbons (Fsp3) is 0.417. The average Bonchev–Trinajstić information content (AvgIpc) is 3.29. The molecule has 1 saturated carbocycles. The van der Waals surface area contributed by atoms with E-state index in [-0.39, 0.29) is 24.5 Å². The molecule has 1 aliphatic carbocycles. The average molecular weight is 411 g/mol. The third-order valence-electron chi connectivity index (χ3n) is 5.49. The van der Waals surface area contributed by atoms with Crippen molar-refractivity contribution in [1.29, 1.82) is 0 Å². The van der Waals surface area contributed by atoms with Crippen molar-refractivity contribution in [3.8, 4) is 11.5 Å². The fourth-order valence-corrected chi connectivity index (χ4v) is 3.65. The number of para-hydroxylation sites is 1. The third-order valence-corrected chi connectivity index (χ3v) is 5.49. The highest BCUT2D eigenvalue weighted by molar-refractivity contribution is 5.88. The third kappa shape index (κ3) is 5.99. The van der Waals surface area contributed by atoms with Crippen LogP contribution in [0.3, 0.4) is 0 Å². The molecule has 0 aromatic heterocycles. The van der Waals surface area contributed by atoms with Crippen LogP contribution in [-0.4, -0.2) is 42.5 Å². The predicted octanol–water partition coefficient (Wildman–Crippen LogP) is 3.55. The van der Waals surface area contributed by atoms with E-state index in [1.165, 1.54) is 0 Å². The summed E-state index contributed by atoms with van der Waals surface area (Å²) in [7, 11) is 1.61. The zero-order valence-corrected chi connectivity index (χ0v) is 17.7. The fourth-order valence-electron chi connectivity index (χ4n) is 3.65. The number of carbonyl (C=O) groups is 2. The van der Waals surface area contributed by atoms with Gasteiger partial charge in [0.05, 0.1) is 7.11 Å². The number of methoxy groups -OCH3 is 1. The Balaban J connectivity index is 1.70.